The maximum Gasteiger partial charge on any atom is 0.277 e. The summed E-state index contributed by atoms with van der Waals surface area (Å²) in [5.41, 5.74) is 1.43. The van der Waals surface area contributed by atoms with E-state index in [9.17, 15) is 4.79 Å². The van der Waals surface area contributed by atoms with E-state index >= 15 is 0 Å². The van der Waals surface area contributed by atoms with Crippen molar-refractivity contribution in [3.05, 3.63) is 88.7 Å². The Balaban J connectivity index is 1.57. The fourth-order valence-corrected chi connectivity index (χ4v) is 4.76. The predicted octanol–water partition coefficient (Wildman–Crippen LogP) is 6.28. The fourth-order valence-electron chi connectivity index (χ4n) is 2.45. The maximum absolute atomic E-state index is 12.9. The van der Waals surface area contributed by atoms with E-state index in [1.54, 1.807) is 12.4 Å². The van der Waals surface area contributed by atoms with Gasteiger partial charge in [0.1, 0.15) is 5.69 Å². The van der Waals surface area contributed by atoms with Gasteiger partial charge in [0.05, 0.1) is 4.90 Å². The van der Waals surface area contributed by atoms with Gasteiger partial charge in [0.15, 0.2) is 10.3 Å². The van der Waals surface area contributed by atoms with Crippen molar-refractivity contribution in [1.29, 1.82) is 0 Å². The van der Waals surface area contributed by atoms with Gasteiger partial charge in [-0.3, -0.25) is 10.1 Å². The third kappa shape index (κ3) is 5.60. The second kappa shape index (κ2) is 10.1. The normalized spacial score (nSPS) is 10.7. The van der Waals surface area contributed by atoms with Crippen molar-refractivity contribution in [3.8, 4) is 0 Å². The molecule has 4 aromatic rings. The lowest BCUT2D eigenvalue weighted by Crippen LogP contribution is -2.15. The van der Waals surface area contributed by atoms with Crippen molar-refractivity contribution in [1.82, 2.24) is 15.0 Å². The number of anilines is 1. The van der Waals surface area contributed by atoms with Crippen LogP contribution in [0.3, 0.4) is 0 Å². The van der Waals surface area contributed by atoms with Crippen LogP contribution in [0.4, 0.5) is 5.13 Å². The van der Waals surface area contributed by atoms with Crippen LogP contribution in [0.2, 0.25) is 5.02 Å². The van der Waals surface area contributed by atoms with Gasteiger partial charge in [-0.05, 0) is 29.8 Å². The molecule has 4 rings (SSSR count). The van der Waals surface area contributed by atoms with Crippen LogP contribution < -0.4 is 5.32 Å². The van der Waals surface area contributed by atoms with E-state index in [1.165, 1.54) is 34.9 Å². The van der Waals surface area contributed by atoms with Crippen LogP contribution in [-0.4, -0.2) is 20.9 Å². The SMILES string of the molecule is O=C(Nc1nccs1)c1nc(SCc2ccc(Cl)cc2)ncc1Sc1ccccc1. The number of nitrogens with zero attached hydrogens (tertiary/aromatic N) is 3. The average Bonchev–Trinajstić information content (AvgIpc) is 3.28. The summed E-state index contributed by atoms with van der Waals surface area (Å²) in [6, 6.07) is 17.5. The van der Waals surface area contributed by atoms with Crippen LogP contribution in [0.25, 0.3) is 0 Å². The number of amides is 1. The molecule has 2 heterocycles. The van der Waals surface area contributed by atoms with Gasteiger partial charge in [-0.25, -0.2) is 15.0 Å². The Morgan fingerprint density at radius 1 is 1.07 bits per heavy atom. The summed E-state index contributed by atoms with van der Waals surface area (Å²) in [7, 11) is 0. The molecule has 2 aromatic carbocycles. The summed E-state index contributed by atoms with van der Waals surface area (Å²) in [5, 5.41) is 6.38. The Labute approximate surface area is 191 Å². The molecule has 0 spiro atoms. The molecule has 0 unspecified atom stereocenters. The summed E-state index contributed by atoms with van der Waals surface area (Å²) in [6.07, 6.45) is 3.35. The molecular formula is C21H15ClN4OS3. The number of halogens is 1. The monoisotopic (exact) mass is 470 g/mol. The Morgan fingerprint density at radius 3 is 2.60 bits per heavy atom. The molecule has 0 saturated carbocycles. The van der Waals surface area contributed by atoms with E-state index in [-0.39, 0.29) is 5.91 Å². The van der Waals surface area contributed by atoms with E-state index in [0.717, 1.165) is 10.5 Å². The Morgan fingerprint density at radius 2 is 1.87 bits per heavy atom. The molecule has 0 atom stereocenters. The molecular weight excluding hydrogens is 456 g/mol. The lowest BCUT2D eigenvalue weighted by molar-refractivity contribution is 0.101. The van der Waals surface area contributed by atoms with Gasteiger partial charge in [-0.1, -0.05) is 65.5 Å². The van der Waals surface area contributed by atoms with Crippen molar-refractivity contribution in [2.75, 3.05) is 5.32 Å². The van der Waals surface area contributed by atoms with Gasteiger partial charge in [-0.2, -0.15) is 0 Å². The highest BCUT2D eigenvalue weighted by atomic mass is 35.5. The first-order valence-electron chi connectivity index (χ1n) is 8.85. The van der Waals surface area contributed by atoms with Crippen molar-refractivity contribution in [2.24, 2.45) is 0 Å². The number of rotatable bonds is 7. The molecule has 5 nitrogen and oxygen atoms in total. The number of carbonyl (C=O) groups excluding carboxylic acids is 1. The number of thiazole rings is 1. The minimum Gasteiger partial charge on any atom is -0.296 e. The van der Waals surface area contributed by atoms with Crippen LogP contribution >= 0.6 is 46.5 Å². The zero-order valence-electron chi connectivity index (χ0n) is 15.5. The summed E-state index contributed by atoms with van der Waals surface area (Å²) >= 11 is 10.2. The zero-order valence-corrected chi connectivity index (χ0v) is 18.7. The first kappa shape index (κ1) is 20.9. The minimum absolute atomic E-state index is 0.306. The van der Waals surface area contributed by atoms with Crippen LogP contribution in [-0.2, 0) is 5.75 Å². The van der Waals surface area contributed by atoms with Gasteiger partial charge in [0, 0.05) is 33.4 Å². The fraction of sp³-hybridized carbons (Fsp3) is 0.0476. The van der Waals surface area contributed by atoms with E-state index < -0.39 is 0 Å². The Hall–Kier alpha value is -2.39. The molecule has 150 valence electrons. The maximum atomic E-state index is 12.9. The molecule has 0 radical (unpaired) electrons. The summed E-state index contributed by atoms with van der Waals surface area (Å²) < 4.78 is 0. The lowest BCUT2D eigenvalue weighted by Gasteiger charge is -2.09. The van der Waals surface area contributed by atoms with Gasteiger partial charge in [0.25, 0.3) is 5.91 Å². The molecule has 0 saturated heterocycles. The first-order chi connectivity index (χ1) is 14.7. The lowest BCUT2D eigenvalue weighted by atomic mass is 10.2. The van der Waals surface area contributed by atoms with Crippen molar-refractivity contribution in [3.63, 3.8) is 0 Å². The highest BCUT2D eigenvalue weighted by Gasteiger charge is 2.18. The number of benzene rings is 2. The van der Waals surface area contributed by atoms with Gasteiger partial charge in [0.2, 0.25) is 0 Å². The quantitative estimate of drug-likeness (QED) is 0.253. The number of aromatic nitrogens is 3. The molecule has 2 aromatic heterocycles. The molecule has 9 heteroatoms. The number of hydrogen-bond acceptors (Lipinski definition) is 7. The largest absolute Gasteiger partial charge is 0.296 e. The van der Waals surface area contributed by atoms with E-state index in [2.05, 4.69) is 20.3 Å². The molecule has 1 amide bonds. The smallest absolute Gasteiger partial charge is 0.277 e. The zero-order chi connectivity index (χ0) is 20.8. The van der Waals surface area contributed by atoms with E-state index in [1.807, 2.05) is 60.0 Å². The third-order valence-electron chi connectivity index (χ3n) is 3.85. The van der Waals surface area contributed by atoms with Gasteiger partial charge >= 0.3 is 0 Å². The van der Waals surface area contributed by atoms with E-state index in [0.29, 0.717) is 31.7 Å². The second-order valence-corrected chi connectivity index (χ2v) is 9.38. The van der Waals surface area contributed by atoms with Crippen LogP contribution in [0.1, 0.15) is 16.1 Å². The minimum atomic E-state index is -0.306. The molecule has 0 aliphatic heterocycles. The van der Waals surface area contributed by atoms with Crippen molar-refractivity contribution >= 4 is 57.5 Å². The topological polar surface area (TPSA) is 67.8 Å². The van der Waals surface area contributed by atoms with Crippen LogP contribution in [0.15, 0.2) is 87.3 Å². The number of carbonyl (C=O) groups is 1. The highest BCUT2D eigenvalue weighted by molar-refractivity contribution is 7.99. The molecule has 1 N–H and O–H groups in total. The number of thioether (sulfide) groups is 1. The first-order valence-corrected chi connectivity index (χ1v) is 11.9. The standard InChI is InChI=1S/C21H15ClN4OS3/c22-15-8-6-14(7-9-15)13-29-21-24-12-17(30-16-4-2-1-3-5-16)18(25-21)19(27)26-20-23-10-11-28-20/h1-12H,13H2,(H,23,26,27). The Kier molecular flexibility index (Phi) is 7.01. The molecule has 0 aliphatic rings. The third-order valence-corrected chi connectivity index (χ3v) is 6.75. The second-order valence-electron chi connectivity index (χ2n) is 5.99. The summed E-state index contributed by atoms with van der Waals surface area (Å²) in [5.74, 6) is 0.370. The number of hydrogen-bond donors (Lipinski definition) is 1. The van der Waals surface area contributed by atoms with Crippen molar-refractivity contribution in [2.45, 2.75) is 20.7 Å². The summed E-state index contributed by atoms with van der Waals surface area (Å²) in [4.78, 5) is 27.7. The van der Waals surface area contributed by atoms with Crippen LogP contribution in [0, 0.1) is 0 Å². The average molecular weight is 471 g/mol. The molecule has 0 bridgehead atoms. The molecule has 30 heavy (non-hydrogen) atoms. The highest BCUT2D eigenvalue weighted by Crippen LogP contribution is 2.31. The number of nitrogens with one attached hydrogen (secondary N) is 1. The molecule has 0 fully saturated rings. The van der Waals surface area contributed by atoms with Gasteiger partial charge in [-0.15, -0.1) is 11.3 Å². The van der Waals surface area contributed by atoms with Crippen LogP contribution in [0.5, 0.6) is 0 Å². The predicted molar refractivity (Wildman–Crippen MR) is 124 cm³/mol. The van der Waals surface area contributed by atoms with Crippen molar-refractivity contribution < 1.29 is 4.79 Å². The Bertz CT molecular complexity index is 1120. The molecule has 0 aliphatic carbocycles. The summed E-state index contributed by atoms with van der Waals surface area (Å²) in [6.45, 7) is 0. The van der Waals surface area contributed by atoms with Gasteiger partial charge < -0.3 is 0 Å². The van der Waals surface area contributed by atoms with E-state index in [4.69, 9.17) is 11.6 Å².